The van der Waals surface area contributed by atoms with E-state index in [2.05, 4.69) is 0 Å². The van der Waals surface area contributed by atoms with Gasteiger partial charge in [-0.3, -0.25) is 0 Å². The molecule has 0 aliphatic rings. The number of carbonyl (C=O) groups excluding carboxylic acids is 1. The van der Waals surface area contributed by atoms with Crippen LogP contribution in [0.2, 0.25) is 0 Å². The molecule has 0 aromatic heterocycles. The zero-order valence-corrected chi connectivity index (χ0v) is 10.5. The largest absolute Gasteiger partial charge is 0.462 e. The third-order valence-corrected chi connectivity index (χ3v) is 2.01. The Bertz CT molecular complexity index is 215. The zero-order chi connectivity index (χ0) is 11.7. The number of rotatable bonds is 7. The van der Waals surface area contributed by atoms with E-state index in [0.29, 0.717) is 24.5 Å². The van der Waals surface area contributed by atoms with Crippen molar-refractivity contribution >= 4 is 17.6 Å². The quantitative estimate of drug-likeness (QED) is 0.383. The maximum Gasteiger partial charge on any atom is 0.333 e. The van der Waals surface area contributed by atoms with Crippen molar-refractivity contribution in [3.63, 3.8) is 0 Å². The molecule has 0 aromatic rings. The predicted molar refractivity (Wildman–Crippen MR) is 63.2 cm³/mol. The van der Waals surface area contributed by atoms with Gasteiger partial charge in [0.15, 0.2) is 0 Å². The molecule has 3 nitrogen and oxygen atoms in total. The summed E-state index contributed by atoms with van der Waals surface area (Å²) in [6.45, 7) is 3.27. The number of esters is 1. The molecule has 0 radical (unpaired) electrons. The van der Waals surface area contributed by atoms with Crippen molar-refractivity contribution in [1.29, 1.82) is 0 Å². The maximum absolute atomic E-state index is 11.5. The molecule has 0 aromatic carbocycles. The van der Waals surface area contributed by atoms with Gasteiger partial charge in [-0.2, -0.15) is 0 Å². The van der Waals surface area contributed by atoms with Crippen molar-refractivity contribution in [1.82, 2.24) is 4.90 Å². The van der Waals surface area contributed by atoms with Gasteiger partial charge in [0.25, 0.3) is 0 Å². The lowest BCUT2D eigenvalue weighted by Gasteiger charge is -2.11. The lowest BCUT2D eigenvalue weighted by molar-refractivity contribution is -0.139. The Labute approximate surface area is 97.0 Å². The lowest BCUT2D eigenvalue weighted by atomic mass is 10.2. The molecule has 0 saturated heterocycles. The Morgan fingerprint density at radius 1 is 1.47 bits per heavy atom. The van der Waals surface area contributed by atoms with Gasteiger partial charge in [-0.15, -0.1) is 11.6 Å². The van der Waals surface area contributed by atoms with Crippen LogP contribution in [0.5, 0.6) is 0 Å². The number of ether oxygens (including phenoxy) is 1. The standard InChI is InChI=1S/C11H20ClNO2/c1-4-9-15-11(14)10(5-7-12)6-8-13(2)3/h5H,4,6-9H2,1-3H3. The average molecular weight is 234 g/mol. The number of carbonyl (C=O) groups is 1. The predicted octanol–water partition coefficient (Wildman–Crippen LogP) is 2.06. The summed E-state index contributed by atoms with van der Waals surface area (Å²) >= 11 is 5.59. The molecule has 0 saturated carbocycles. The molecular formula is C11H20ClNO2. The summed E-state index contributed by atoms with van der Waals surface area (Å²) in [6, 6.07) is 0. The van der Waals surface area contributed by atoms with Crippen LogP contribution in [0.15, 0.2) is 11.6 Å². The van der Waals surface area contributed by atoms with Crippen molar-refractivity contribution in [2.75, 3.05) is 33.1 Å². The van der Waals surface area contributed by atoms with E-state index in [1.165, 1.54) is 0 Å². The molecule has 88 valence electrons. The fraction of sp³-hybridized carbons (Fsp3) is 0.727. The first-order valence-electron chi connectivity index (χ1n) is 5.18. The minimum Gasteiger partial charge on any atom is -0.462 e. The van der Waals surface area contributed by atoms with Crippen LogP contribution in [0.4, 0.5) is 0 Å². The molecule has 0 unspecified atom stereocenters. The normalized spacial score (nSPS) is 11.9. The number of allylic oxidation sites excluding steroid dienone is 1. The first kappa shape index (κ1) is 14.5. The van der Waals surface area contributed by atoms with E-state index in [4.69, 9.17) is 16.3 Å². The Morgan fingerprint density at radius 3 is 2.60 bits per heavy atom. The Morgan fingerprint density at radius 2 is 2.13 bits per heavy atom. The molecule has 0 amide bonds. The number of nitrogens with zero attached hydrogens (tertiary/aromatic N) is 1. The molecule has 0 aliphatic carbocycles. The monoisotopic (exact) mass is 233 g/mol. The van der Waals surface area contributed by atoms with E-state index < -0.39 is 0 Å². The number of alkyl halides is 1. The molecule has 0 spiro atoms. The van der Waals surface area contributed by atoms with E-state index in [-0.39, 0.29) is 5.97 Å². The van der Waals surface area contributed by atoms with Gasteiger partial charge in [-0.25, -0.2) is 4.79 Å². The molecule has 0 fully saturated rings. The third-order valence-electron chi connectivity index (χ3n) is 1.85. The number of hydrogen-bond donors (Lipinski definition) is 0. The second kappa shape index (κ2) is 8.74. The van der Waals surface area contributed by atoms with Crippen LogP contribution in [-0.2, 0) is 9.53 Å². The van der Waals surface area contributed by atoms with E-state index >= 15 is 0 Å². The lowest BCUT2D eigenvalue weighted by Crippen LogP contribution is -2.17. The third kappa shape index (κ3) is 7.40. The van der Waals surface area contributed by atoms with Crippen molar-refractivity contribution < 1.29 is 9.53 Å². The highest BCUT2D eigenvalue weighted by atomic mass is 35.5. The molecule has 4 heteroatoms. The fourth-order valence-electron chi connectivity index (χ4n) is 1.01. The van der Waals surface area contributed by atoms with Crippen LogP contribution in [0, 0.1) is 0 Å². The Hall–Kier alpha value is -0.540. The summed E-state index contributed by atoms with van der Waals surface area (Å²) in [4.78, 5) is 13.6. The van der Waals surface area contributed by atoms with Crippen molar-refractivity contribution in [3.05, 3.63) is 11.6 Å². The SMILES string of the molecule is CCCOC(=O)C(=CCCl)CCN(C)C. The van der Waals surface area contributed by atoms with Crippen LogP contribution >= 0.6 is 11.6 Å². The van der Waals surface area contributed by atoms with Gasteiger partial charge in [0, 0.05) is 18.0 Å². The van der Waals surface area contributed by atoms with Gasteiger partial charge in [0.2, 0.25) is 0 Å². The van der Waals surface area contributed by atoms with Crippen LogP contribution in [0.3, 0.4) is 0 Å². The molecule has 0 N–H and O–H groups in total. The van der Waals surface area contributed by atoms with Crippen LogP contribution in [0.1, 0.15) is 19.8 Å². The molecule has 15 heavy (non-hydrogen) atoms. The summed E-state index contributed by atoms with van der Waals surface area (Å²) in [5.41, 5.74) is 0.673. The van der Waals surface area contributed by atoms with Gasteiger partial charge in [0.05, 0.1) is 6.61 Å². The first-order valence-corrected chi connectivity index (χ1v) is 5.72. The van der Waals surface area contributed by atoms with Gasteiger partial charge >= 0.3 is 5.97 Å². The van der Waals surface area contributed by atoms with Gasteiger partial charge in [0.1, 0.15) is 0 Å². The summed E-state index contributed by atoms with van der Waals surface area (Å²) in [5, 5.41) is 0. The van der Waals surface area contributed by atoms with Crippen molar-refractivity contribution in [2.45, 2.75) is 19.8 Å². The average Bonchev–Trinajstić information content (AvgIpc) is 2.20. The molecule has 0 bridgehead atoms. The second-order valence-electron chi connectivity index (χ2n) is 3.57. The molecule has 0 rings (SSSR count). The summed E-state index contributed by atoms with van der Waals surface area (Å²) in [5.74, 6) is 0.114. The summed E-state index contributed by atoms with van der Waals surface area (Å²) in [7, 11) is 3.94. The van der Waals surface area contributed by atoms with Crippen LogP contribution in [-0.4, -0.2) is 44.0 Å². The molecule has 0 heterocycles. The molecular weight excluding hydrogens is 214 g/mol. The van der Waals surface area contributed by atoms with Crippen molar-refractivity contribution in [3.8, 4) is 0 Å². The van der Waals surface area contributed by atoms with Crippen LogP contribution < -0.4 is 0 Å². The number of hydrogen-bond acceptors (Lipinski definition) is 3. The Kier molecular flexibility index (Phi) is 8.43. The second-order valence-corrected chi connectivity index (χ2v) is 3.88. The van der Waals surface area contributed by atoms with E-state index in [9.17, 15) is 4.79 Å². The minimum absolute atomic E-state index is 0.237. The van der Waals surface area contributed by atoms with Gasteiger partial charge in [-0.05, 0) is 26.9 Å². The van der Waals surface area contributed by atoms with Crippen molar-refractivity contribution in [2.24, 2.45) is 0 Å². The summed E-state index contributed by atoms with van der Waals surface area (Å²) in [6.07, 6.45) is 3.25. The highest BCUT2D eigenvalue weighted by Gasteiger charge is 2.10. The highest BCUT2D eigenvalue weighted by molar-refractivity contribution is 6.19. The van der Waals surface area contributed by atoms with Gasteiger partial charge < -0.3 is 9.64 Å². The zero-order valence-electron chi connectivity index (χ0n) is 9.75. The van der Waals surface area contributed by atoms with E-state index in [1.54, 1.807) is 6.08 Å². The molecule has 0 aliphatic heterocycles. The van der Waals surface area contributed by atoms with Crippen LogP contribution in [0.25, 0.3) is 0 Å². The first-order chi connectivity index (χ1) is 7.11. The maximum atomic E-state index is 11.5. The smallest absolute Gasteiger partial charge is 0.333 e. The topological polar surface area (TPSA) is 29.5 Å². The molecule has 0 atom stereocenters. The van der Waals surface area contributed by atoms with E-state index in [1.807, 2.05) is 25.9 Å². The van der Waals surface area contributed by atoms with E-state index in [0.717, 1.165) is 13.0 Å². The minimum atomic E-state index is -0.237. The number of halogens is 1. The highest BCUT2D eigenvalue weighted by Crippen LogP contribution is 2.06. The Balaban J connectivity index is 4.14. The summed E-state index contributed by atoms with van der Waals surface area (Å²) < 4.78 is 5.05. The fourth-order valence-corrected chi connectivity index (χ4v) is 1.20. The van der Waals surface area contributed by atoms with Gasteiger partial charge in [-0.1, -0.05) is 13.0 Å².